The normalized spacial score (nSPS) is 13.2. The quantitative estimate of drug-likeness (QED) is 0.591. The maximum Gasteiger partial charge on any atom is 0.416 e. The van der Waals surface area contributed by atoms with Crippen LogP contribution in [0.5, 0.6) is 0 Å². The fourth-order valence-corrected chi connectivity index (χ4v) is 3.05. The van der Waals surface area contributed by atoms with Crippen LogP contribution in [0, 0.1) is 13.8 Å². The fourth-order valence-electron chi connectivity index (χ4n) is 2.28. The Morgan fingerprint density at radius 1 is 1.00 bits per heavy atom. The van der Waals surface area contributed by atoms with Gasteiger partial charge in [0.2, 0.25) is 0 Å². The Bertz CT molecular complexity index is 632. The van der Waals surface area contributed by atoms with Crippen LogP contribution in [0.1, 0.15) is 32.6 Å². The van der Waals surface area contributed by atoms with Crippen LogP contribution in [0.2, 0.25) is 0 Å². The molecule has 4 heteroatoms. The molecule has 0 aliphatic rings. The number of benzene rings is 2. The molecule has 2 aromatic rings. The van der Waals surface area contributed by atoms with Crippen molar-refractivity contribution in [2.24, 2.45) is 0 Å². The standard InChI is InChI=1S/C17H16BrF3/c1-11-7-8-13(9-12(11)2)10-16(18)14-5-3-4-6-15(14)17(19,20)21/h3-9,16H,10H2,1-2H3. The predicted molar refractivity (Wildman–Crippen MR) is 82.7 cm³/mol. The first-order chi connectivity index (χ1) is 9.79. The lowest BCUT2D eigenvalue weighted by atomic mass is 9.97. The molecule has 112 valence electrons. The number of aryl methyl sites for hydroxylation is 2. The lowest BCUT2D eigenvalue weighted by Crippen LogP contribution is -2.11. The van der Waals surface area contributed by atoms with Gasteiger partial charge in [0.05, 0.1) is 5.56 Å². The van der Waals surface area contributed by atoms with Gasteiger partial charge >= 0.3 is 6.18 Å². The second kappa shape index (κ2) is 6.22. The summed E-state index contributed by atoms with van der Waals surface area (Å²) in [5.74, 6) is 0. The van der Waals surface area contributed by atoms with Gasteiger partial charge < -0.3 is 0 Å². The van der Waals surface area contributed by atoms with Gasteiger partial charge in [-0.15, -0.1) is 0 Å². The molecule has 0 aromatic heterocycles. The van der Waals surface area contributed by atoms with Crippen LogP contribution in [-0.4, -0.2) is 0 Å². The summed E-state index contributed by atoms with van der Waals surface area (Å²) in [6, 6.07) is 11.7. The van der Waals surface area contributed by atoms with E-state index in [4.69, 9.17) is 0 Å². The van der Waals surface area contributed by atoms with Gasteiger partial charge in [0, 0.05) is 4.83 Å². The van der Waals surface area contributed by atoms with Crippen molar-refractivity contribution in [3.05, 3.63) is 70.3 Å². The third kappa shape index (κ3) is 3.88. The summed E-state index contributed by atoms with van der Waals surface area (Å²) in [6.45, 7) is 4.02. The summed E-state index contributed by atoms with van der Waals surface area (Å²) in [4.78, 5) is -0.363. The van der Waals surface area contributed by atoms with E-state index < -0.39 is 11.7 Å². The predicted octanol–water partition coefficient (Wildman–Crippen LogP) is 6.00. The minimum absolute atomic E-state index is 0.281. The molecule has 2 rings (SSSR count). The third-order valence-electron chi connectivity index (χ3n) is 3.59. The molecule has 0 bridgehead atoms. The Kier molecular flexibility index (Phi) is 4.77. The second-order valence-corrected chi connectivity index (χ2v) is 6.28. The van der Waals surface area contributed by atoms with Crippen LogP contribution < -0.4 is 0 Å². The first-order valence-electron chi connectivity index (χ1n) is 6.65. The fraction of sp³-hybridized carbons (Fsp3) is 0.294. The van der Waals surface area contributed by atoms with E-state index in [0.29, 0.717) is 6.42 Å². The third-order valence-corrected chi connectivity index (χ3v) is 4.41. The number of halogens is 4. The van der Waals surface area contributed by atoms with Gasteiger partial charge in [-0.05, 0) is 48.6 Å². The topological polar surface area (TPSA) is 0 Å². The Morgan fingerprint density at radius 3 is 2.29 bits per heavy atom. The molecule has 0 radical (unpaired) electrons. The molecule has 1 atom stereocenters. The Balaban J connectivity index is 2.28. The van der Waals surface area contributed by atoms with E-state index in [2.05, 4.69) is 15.9 Å². The van der Waals surface area contributed by atoms with E-state index in [9.17, 15) is 13.2 Å². The van der Waals surface area contributed by atoms with Crippen LogP contribution in [0.4, 0.5) is 13.2 Å². The highest BCUT2D eigenvalue weighted by molar-refractivity contribution is 9.09. The lowest BCUT2D eigenvalue weighted by Gasteiger charge is -2.17. The summed E-state index contributed by atoms with van der Waals surface area (Å²) >= 11 is 3.41. The number of hydrogen-bond acceptors (Lipinski definition) is 0. The van der Waals surface area contributed by atoms with E-state index in [-0.39, 0.29) is 10.4 Å². The van der Waals surface area contributed by atoms with Gasteiger partial charge in [-0.3, -0.25) is 0 Å². The minimum Gasteiger partial charge on any atom is -0.166 e. The zero-order valence-corrected chi connectivity index (χ0v) is 13.4. The molecule has 0 fully saturated rings. The van der Waals surface area contributed by atoms with E-state index >= 15 is 0 Å². The molecular formula is C17H16BrF3. The number of hydrogen-bond donors (Lipinski definition) is 0. The van der Waals surface area contributed by atoms with Crippen molar-refractivity contribution in [1.82, 2.24) is 0 Å². The first-order valence-corrected chi connectivity index (χ1v) is 7.57. The lowest BCUT2D eigenvalue weighted by molar-refractivity contribution is -0.138. The average Bonchev–Trinajstić information content (AvgIpc) is 2.42. The van der Waals surface area contributed by atoms with Crippen molar-refractivity contribution in [2.45, 2.75) is 31.3 Å². The van der Waals surface area contributed by atoms with Gasteiger partial charge in [0.15, 0.2) is 0 Å². The highest BCUT2D eigenvalue weighted by Crippen LogP contribution is 2.38. The summed E-state index contributed by atoms with van der Waals surface area (Å²) in [7, 11) is 0. The monoisotopic (exact) mass is 356 g/mol. The second-order valence-electron chi connectivity index (χ2n) is 5.18. The molecule has 0 saturated heterocycles. The van der Waals surface area contributed by atoms with E-state index in [1.807, 2.05) is 32.0 Å². The smallest absolute Gasteiger partial charge is 0.166 e. The molecule has 0 heterocycles. The molecule has 0 saturated carbocycles. The molecule has 0 spiro atoms. The Hall–Kier alpha value is -1.29. The molecule has 21 heavy (non-hydrogen) atoms. The van der Waals surface area contributed by atoms with Gasteiger partial charge in [-0.2, -0.15) is 13.2 Å². The number of rotatable bonds is 3. The summed E-state index contributed by atoms with van der Waals surface area (Å²) < 4.78 is 39.1. The molecule has 0 amide bonds. The van der Waals surface area contributed by atoms with Crippen LogP contribution >= 0.6 is 15.9 Å². The molecular weight excluding hydrogens is 341 g/mol. The van der Waals surface area contributed by atoms with Gasteiger partial charge in [-0.1, -0.05) is 52.3 Å². The van der Waals surface area contributed by atoms with Crippen LogP contribution in [0.3, 0.4) is 0 Å². The van der Waals surface area contributed by atoms with Crippen LogP contribution in [0.15, 0.2) is 42.5 Å². The van der Waals surface area contributed by atoms with Gasteiger partial charge in [-0.25, -0.2) is 0 Å². The maximum absolute atomic E-state index is 13.0. The largest absolute Gasteiger partial charge is 0.416 e. The van der Waals surface area contributed by atoms with E-state index in [0.717, 1.165) is 17.2 Å². The van der Waals surface area contributed by atoms with Crippen molar-refractivity contribution >= 4 is 15.9 Å². The zero-order chi connectivity index (χ0) is 15.6. The minimum atomic E-state index is -4.33. The van der Waals surface area contributed by atoms with E-state index in [1.165, 1.54) is 17.7 Å². The Morgan fingerprint density at radius 2 is 1.67 bits per heavy atom. The highest BCUT2D eigenvalue weighted by atomic mass is 79.9. The highest BCUT2D eigenvalue weighted by Gasteiger charge is 2.34. The summed E-state index contributed by atoms with van der Waals surface area (Å²) in [5, 5.41) is 0. The van der Waals surface area contributed by atoms with E-state index in [1.54, 1.807) is 6.07 Å². The molecule has 0 N–H and O–H groups in total. The van der Waals surface area contributed by atoms with Crippen molar-refractivity contribution in [3.63, 3.8) is 0 Å². The first kappa shape index (κ1) is 16.1. The van der Waals surface area contributed by atoms with Crippen LogP contribution in [0.25, 0.3) is 0 Å². The van der Waals surface area contributed by atoms with Crippen molar-refractivity contribution < 1.29 is 13.2 Å². The SMILES string of the molecule is Cc1ccc(CC(Br)c2ccccc2C(F)(F)F)cc1C. The summed E-state index contributed by atoms with van der Waals surface area (Å²) in [6.07, 6.45) is -3.81. The number of alkyl halides is 4. The summed E-state index contributed by atoms with van der Waals surface area (Å²) in [5.41, 5.74) is 3.06. The maximum atomic E-state index is 13.0. The van der Waals surface area contributed by atoms with Crippen molar-refractivity contribution in [2.75, 3.05) is 0 Å². The van der Waals surface area contributed by atoms with Crippen molar-refractivity contribution in [1.29, 1.82) is 0 Å². The molecule has 2 aromatic carbocycles. The van der Waals surface area contributed by atoms with Gasteiger partial charge in [0.25, 0.3) is 0 Å². The van der Waals surface area contributed by atoms with Crippen molar-refractivity contribution in [3.8, 4) is 0 Å². The van der Waals surface area contributed by atoms with Gasteiger partial charge in [0.1, 0.15) is 0 Å². The van der Waals surface area contributed by atoms with Crippen LogP contribution in [-0.2, 0) is 12.6 Å². The molecule has 1 unspecified atom stereocenters. The molecule has 0 aliphatic carbocycles. The zero-order valence-electron chi connectivity index (χ0n) is 11.8. The Labute approximate surface area is 131 Å². The molecule has 0 nitrogen and oxygen atoms in total. The molecule has 0 aliphatic heterocycles. The average molecular weight is 357 g/mol.